The second-order valence-corrected chi connectivity index (χ2v) is 9.98. The van der Waals surface area contributed by atoms with Gasteiger partial charge in [-0.15, -0.1) is 11.8 Å². The van der Waals surface area contributed by atoms with E-state index in [1.807, 2.05) is 43.8 Å². The molecule has 0 amide bonds. The summed E-state index contributed by atoms with van der Waals surface area (Å²) in [6, 6.07) is 8.10. The summed E-state index contributed by atoms with van der Waals surface area (Å²) in [5.41, 5.74) is 2.91. The Morgan fingerprint density at radius 2 is 2.00 bits per heavy atom. The summed E-state index contributed by atoms with van der Waals surface area (Å²) < 4.78 is 16.3. The molecule has 0 bridgehead atoms. The summed E-state index contributed by atoms with van der Waals surface area (Å²) in [6.07, 6.45) is 7.47. The first-order valence-corrected chi connectivity index (χ1v) is 13.0. The lowest BCUT2D eigenvalue weighted by Crippen LogP contribution is -2.28. The lowest BCUT2D eigenvalue weighted by atomic mass is 9.85. The zero-order valence-electron chi connectivity index (χ0n) is 19.5. The van der Waals surface area contributed by atoms with Crippen molar-refractivity contribution in [1.29, 1.82) is 0 Å². The van der Waals surface area contributed by atoms with Crippen LogP contribution in [0.15, 0.2) is 51.9 Å². The molecule has 2 aliphatic heterocycles. The van der Waals surface area contributed by atoms with Gasteiger partial charge in [-0.1, -0.05) is 50.8 Å². The van der Waals surface area contributed by atoms with Crippen molar-refractivity contribution in [3.8, 4) is 0 Å². The van der Waals surface area contributed by atoms with E-state index >= 15 is 0 Å². The molecule has 6 nitrogen and oxygen atoms in total. The van der Waals surface area contributed by atoms with Gasteiger partial charge in [0.25, 0.3) is 0 Å². The van der Waals surface area contributed by atoms with Crippen LogP contribution in [-0.4, -0.2) is 31.1 Å². The fourth-order valence-corrected chi connectivity index (χ4v) is 5.99. The van der Waals surface area contributed by atoms with Crippen molar-refractivity contribution in [3.63, 3.8) is 0 Å². The van der Waals surface area contributed by atoms with Gasteiger partial charge < -0.3 is 19.5 Å². The topological polar surface area (TPSA) is 73.9 Å². The number of nitrogens with one attached hydrogen (secondary N) is 1. The normalized spacial score (nSPS) is 20.9. The van der Waals surface area contributed by atoms with Crippen molar-refractivity contribution >= 4 is 23.9 Å². The van der Waals surface area contributed by atoms with Crippen molar-refractivity contribution in [2.45, 2.75) is 69.6 Å². The Hall–Kier alpha value is -2.41. The molecule has 0 radical (unpaired) electrons. The molecule has 0 saturated heterocycles. The maximum absolute atomic E-state index is 12.7. The zero-order valence-corrected chi connectivity index (χ0v) is 20.3. The highest BCUT2D eigenvalue weighted by molar-refractivity contribution is 7.99. The van der Waals surface area contributed by atoms with Gasteiger partial charge >= 0.3 is 12.1 Å². The van der Waals surface area contributed by atoms with Gasteiger partial charge in [0.15, 0.2) is 0 Å². The Morgan fingerprint density at radius 1 is 1.21 bits per heavy atom. The molecule has 7 heteroatoms. The number of hydrogen-bond acceptors (Lipinski definition) is 7. The van der Waals surface area contributed by atoms with Crippen LogP contribution in [0.2, 0.25) is 0 Å². The summed E-state index contributed by atoms with van der Waals surface area (Å²) in [4.78, 5) is 26.3. The first-order chi connectivity index (χ1) is 16.1. The molecule has 1 aromatic carbocycles. The first-order valence-electron chi connectivity index (χ1n) is 12.0. The molecule has 1 fully saturated rings. The van der Waals surface area contributed by atoms with Crippen LogP contribution in [0.5, 0.6) is 0 Å². The third-order valence-corrected chi connectivity index (χ3v) is 7.81. The average Bonchev–Trinajstić information content (AvgIpc) is 3.19. The minimum atomic E-state index is -0.743. The second kappa shape index (κ2) is 11.1. The maximum Gasteiger partial charge on any atom is 0.513 e. The van der Waals surface area contributed by atoms with E-state index in [0.717, 1.165) is 40.7 Å². The molecule has 1 N–H and O–H groups in total. The van der Waals surface area contributed by atoms with E-state index in [-0.39, 0.29) is 12.6 Å². The van der Waals surface area contributed by atoms with Crippen LogP contribution in [0.1, 0.15) is 70.3 Å². The van der Waals surface area contributed by atoms with E-state index in [9.17, 15) is 9.59 Å². The number of allylic oxidation sites excluding steroid dienone is 2. The van der Waals surface area contributed by atoms with E-state index in [1.54, 1.807) is 0 Å². The highest BCUT2D eigenvalue weighted by Crippen LogP contribution is 2.45. The van der Waals surface area contributed by atoms with Gasteiger partial charge in [0.1, 0.15) is 12.4 Å². The van der Waals surface area contributed by atoms with Crippen LogP contribution in [0.4, 0.5) is 4.79 Å². The molecule has 1 unspecified atom stereocenters. The molecule has 1 aliphatic carbocycles. The number of unbranched alkanes of at least 4 members (excludes halogenated alkanes) is 1. The molecule has 1 saturated carbocycles. The van der Waals surface area contributed by atoms with E-state index in [2.05, 4.69) is 11.4 Å². The van der Waals surface area contributed by atoms with Crippen LogP contribution >= 0.6 is 11.8 Å². The summed E-state index contributed by atoms with van der Waals surface area (Å²) in [5, 5.41) is 3.21. The van der Waals surface area contributed by atoms with Gasteiger partial charge in [0, 0.05) is 10.6 Å². The van der Waals surface area contributed by atoms with Crippen LogP contribution in [0.3, 0.4) is 0 Å². The molecule has 33 heavy (non-hydrogen) atoms. The molecule has 0 spiro atoms. The van der Waals surface area contributed by atoms with Gasteiger partial charge in [-0.3, -0.25) is 0 Å². The number of ether oxygens (including phenoxy) is 3. The van der Waals surface area contributed by atoms with Crippen LogP contribution in [-0.2, 0) is 19.0 Å². The van der Waals surface area contributed by atoms with Crippen LogP contribution < -0.4 is 5.32 Å². The summed E-state index contributed by atoms with van der Waals surface area (Å²) in [6.45, 7) is 4.40. The SMILES string of the molecule is CCCCOC(=O)OC1=C(C)NC2=C(C(=O)OC2)C1c1ccccc1SCC1CCCCC1. The Bertz CT molecular complexity index is 948. The minimum Gasteiger partial charge on any atom is -0.456 e. The van der Waals surface area contributed by atoms with Crippen molar-refractivity contribution in [1.82, 2.24) is 5.32 Å². The number of esters is 1. The minimum absolute atomic E-state index is 0.202. The number of cyclic esters (lactones) is 1. The molecule has 4 rings (SSSR count). The molecule has 2 heterocycles. The summed E-state index contributed by atoms with van der Waals surface area (Å²) >= 11 is 1.83. The number of carbonyl (C=O) groups excluding carboxylic acids is 2. The molecule has 0 aromatic heterocycles. The highest BCUT2D eigenvalue weighted by Gasteiger charge is 2.42. The average molecular weight is 472 g/mol. The molecule has 1 atom stereocenters. The molecular formula is C26H33NO5S. The third-order valence-electron chi connectivity index (χ3n) is 6.49. The van der Waals surface area contributed by atoms with E-state index in [0.29, 0.717) is 23.6 Å². The molecule has 1 aromatic rings. The van der Waals surface area contributed by atoms with E-state index < -0.39 is 12.1 Å². The number of dihydropyridines is 1. The standard InChI is InChI=1S/C26H33NO5S/c1-3-4-14-30-26(29)32-24-17(2)27-20-15-31-25(28)23(20)22(24)19-12-8-9-13-21(19)33-16-18-10-6-5-7-11-18/h8-9,12-13,18,22,27H,3-7,10-11,14-16H2,1-2H3. The van der Waals surface area contributed by atoms with Crippen molar-refractivity contribution < 1.29 is 23.8 Å². The molecule has 3 aliphatic rings. The Morgan fingerprint density at radius 3 is 2.79 bits per heavy atom. The van der Waals surface area contributed by atoms with Crippen molar-refractivity contribution in [3.05, 3.63) is 52.6 Å². The Balaban J connectivity index is 1.62. The monoisotopic (exact) mass is 471 g/mol. The molecular weight excluding hydrogens is 438 g/mol. The van der Waals surface area contributed by atoms with Crippen LogP contribution in [0.25, 0.3) is 0 Å². The van der Waals surface area contributed by atoms with Crippen molar-refractivity contribution in [2.24, 2.45) is 5.92 Å². The van der Waals surface area contributed by atoms with Gasteiger partial charge in [0.05, 0.1) is 29.5 Å². The first kappa shape index (κ1) is 23.7. The highest BCUT2D eigenvalue weighted by atomic mass is 32.2. The zero-order chi connectivity index (χ0) is 23.2. The lowest BCUT2D eigenvalue weighted by Gasteiger charge is -2.29. The van der Waals surface area contributed by atoms with Gasteiger partial charge in [-0.2, -0.15) is 0 Å². The summed E-state index contributed by atoms with van der Waals surface area (Å²) in [7, 11) is 0. The number of carbonyl (C=O) groups is 2. The predicted octanol–water partition coefficient (Wildman–Crippen LogP) is 6.04. The maximum atomic E-state index is 12.7. The van der Waals surface area contributed by atoms with Gasteiger partial charge in [-0.05, 0) is 43.7 Å². The number of benzene rings is 1. The van der Waals surface area contributed by atoms with Gasteiger partial charge in [-0.25, -0.2) is 9.59 Å². The van der Waals surface area contributed by atoms with E-state index in [1.165, 1.54) is 32.1 Å². The number of rotatable bonds is 8. The lowest BCUT2D eigenvalue weighted by molar-refractivity contribution is -0.136. The Labute approximate surface area is 200 Å². The number of thioether (sulfide) groups is 1. The fourth-order valence-electron chi connectivity index (χ4n) is 4.71. The quantitative estimate of drug-likeness (QED) is 0.281. The second-order valence-electron chi connectivity index (χ2n) is 8.92. The smallest absolute Gasteiger partial charge is 0.456 e. The summed E-state index contributed by atoms with van der Waals surface area (Å²) in [5.74, 6) is 1.29. The van der Waals surface area contributed by atoms with Gasteiger partial charge in [0.2, 0.25) is 0 Å². The number of hydrogen-bond donors (Lipinski definition) is 1. The van der Waals surface area contributed by atoms with Crippen molar-refractivity contribution in [2.75, 3.05) is 19.0 Å². The third kappa shape index (κ3) is 5.57. The van der Waals surface area contributed by atoms with Crippen LogP contribution in [0, 0.1) is 5.92 Å². The fraction of sp³-hybridized carbons (Fsp3) is 0.538. The molecule has 178 valence electrons. The largest absolute Gasteiger partial charge is 0.513 e. The predicted molar refractivity (Wildman–Crippen MR) is 128 cm³/mol. The van der Waals surface area contributed by atoms with E-state index in [4.69, 9.17) is 14.2 Å². The Kier molecular flexibility index (Phi) is 8.02.